The minimum absolute atomic E-state index is 0.284. The highest BCUT2D eigenvalue weighted by Crippen LogP contribution is 2.24. The summed E-state index contributed by atoms with van der Waals surface area (Å²) in [5, 5.41) is 3.63. The van der Waals surface area contributed by atoms with E-state index in [0.717, 1.165) is 60.8 Å². The third-order valence-corrected chi connectivity index (χ3v) is 5.83. The number of anilines is 1. The molecule has 1 aliphatic heterocycles. The van der Waals surface area contributed by atoms with E-state index in [1.165, 1.54) is 7.11 Å². The quantitative estimate of drug-likeness (QED) is 0.637. The average Bonchev–Trinajstić information content (AvgIpc) is 2.79. The lowest BCUT2D eigenvalue weighted by Crippen LogP contribution is -2.39. The van der Waals surface area contributed by atoms with Crippen LogP contribution in [0.15, 0.2) is 42.6 Å². The molecule has 3 aromatic rings. The second-order valence-corrected chi connectivity index (χ2v) is 7.98. The van der Waals surface area contributed by atoms with Crippen molar-refractivity contribution in [3.05, 3.63) is 65.2 Å². The molecule has 3 heterocycles. The summed E-state index contributed by atoms with van der Waals surface area (Å²) in [5.74, 6) is 1.50. The third-order valence-electron chi connectivity index (χ3n) is 5.83. The number of aromatic nitrogens is 3. The van der Waals surface area contributed by atoms with Gasteiger partial charge >= 0.3 is 0 Å². The van der Waals surface area contributed by atoms with Gasteiger partial charge in [-0.2, -0.15) is 0 Å². The Morgan fingerprint density at radius 1 is 1.13 bits per heavy atom. The Morgan fingerprint density at radius 3 is 2.61 bits per heavy atom. The lowest BCUT2D eigenvalue weighted by Gasteiger charge is -2.33. The summed E-state index contributed by atoms with van der Waals surface area (Å²) < 4.78 is 19.0. The summed E-state index contributed by atoms with van der Waals surface area (Å²) >= 11 is 0. The van der Waals surface area contributed by atoms with E-state index in [1.54, 1.807) is 18.3 Å². The number of piperidine rings is 1. The fraction of sp³-hybridized carbons (Fsp3) is 0.375. The Balaban J connectivity index is 1.39. The summed E-state index contributed by atoms with van der Waals surface area (Å²) in [7, 11) is 1.48. The molecule has 6 nitrogen and oxygen atoms in total. The van der Waals surface area contributed by atoms with Crippen LogP contribution in [0.1, 0.15) is 29.7 Å². The molecule has 0 atom stereocenters. The first-order valence-electron chi connectivity index (χ1n) is 10.6. The zero-order valence-corrected chi connectivity index (χ0v) is 18.2. The molecule has 0 radical (unpaired) electrons. The van der Waals surface area contributed by atoms with Crippen LogP contribution in [-0.2, 0) is 6.54 Å². The predicted octanol–water partition coefficient (Wildman–Crippen LogP) is 4.38. The van der Waals surface area contributed by atoms with Crippen LogP contribution in [-0.4, -0.2) is 46.1 Å². The van der Waals surface area contributed by atoms with E-state index in [2.05, 4.69) is 20.2 Å². The maximum absolute atomic E-state index is 14.0. The van der Waals surface area contributed by atoms with Gasteiger partial charge in [0.15, 0.2) is 17.4 Å². The topological polar surface area (TPSA) is 63.2 Å². The Bertz CT molecular complexity index is 1040. The first-order chi connectivity index (χ1) is 15.0. The Morgan fingerprint density at radius 2 is 1.94 bits per heavy atom. The molecule has 1 saturated heterocycles. The molecule has 0 saturated carbocycles. The van der Waals surface area contributed by atoms with Gasteiger partial charge in [-0.25, -0.2) is 14.4 Å². The molecule has 0 amide bonds. The lowest BCUT2D eigenvalue weighted by atomic mass is 10.0. The molecular formula is C24H28FN5O. The number of hydrogen-bond acceptors (Lipinski definition) is 6. The van der Waals surface area contributed by atoms with E-state index < -0.39 is 0 Å². The van der Waals surface area contributed by atoms with Gasteiger partial charge in [-0.1, -0.05) is 12.1 Å². The highest BCUT2D eigenvalue weighted by molar-refractivity contribution is 5.56. The molecule has 1 aromatic carbocycles. The van der Waals surface area contributed by atoms with Gasteiger partial charge in [-0.15, -0.1) is 0 Å². The maximum Gasteiger partial charge on any atom is 0.180 e. The molecule has 1 N–H and O–H groups in total. The van der Waals surface area contributed by atoms with E-state index in [1.807, 2.05) is 38.1 Å². The largest absolute Gasteiger partial charge is 0.494 e. The van der Waals surface area contributed by atoms with Gasteiger partial charge in [0.1, 0.15) is 11.5 Å². The van der Waals surface area contributed by atoms with Gasteiger partial charge in [0.2, 0.25) is 0 Å². The summed E-state index contributed by atoms with van der Waals surface area (Å²) in [5.41, 5.74) is 3.76. The molecule has 0 unspecified atom stereocenters. The number of methoxy groups -OCH3 is 1. The van der Waals surface area contributed by atoms with Crippen molar-refractivity contribution < 1.29 is 9.13 Å². The zero-order chi connectivity index (χ0) is 21.8. The van der Waals surface area contributed by atoms with Crippen molar-refractivity contribution in [2.45, 2.75) is 39.3 Å². The summed E-state index contributed by atoms with van der Waals surface area (Å²) in [6.45, 7) is 6.69. The van der Waals surface area contributed by atoms with Crippen LogP contribution in [0.4, 0.5) is 10.2 Å². The number of ether oxygens (including phenoxy) is 1. The van der Waals surface area contributed by atoms with Crippen LogP contribution >= 0.6 is 0 Å². The number of nitrogens with one attached hydrogen (secondary N) is 1. The molecule has 2 aromatic heterocycles. The Hall–Kier alpha value is -3.06. The molecule has 1 fully saturated rings. The first kappa shape index (κ1) is 21.2. The number of benzene rings is 1. The molecule has 4 rings (SSSR count). The predicted molar refractivity (Wildman–Crippen MR) is 120 cm³/mol. The van der Waals surface area contributed by atoms with Gasteiger partial charge in [0.25, 0.3) is 0 Å². The highest BCUT2D eigenvalue weighted by atomic mass is 19.1. The SMILES string of the molecule is COc1ccc(CN2CCC(Nc3nc(-c4ccccn4)nc(C)c3C)CC2)cc1F. The monoisotopic (exact) mass is 421 g/mol. The summed E-state index contributed by atoms with van der Waals surface area (Å²) in [6, 6.07) is 11.3. The molecule has 31 heavy (non-hydrogen) atoms. The van der Waals surface area contributed by atoms with E-state index in [4.69, 9.17) is 9.72 Å². The molecule has 0 bridgehead atoms. The second-order valence-electron chi connectivity index (χ2n) is 7.98. The number of likely N-dealkylation sites (tertiary alicyclic amines) is 1. The van der Waals surface area contributed by atoms with E-state index >= 15 is 0 Å². The lowest BCUT2D eigenvalue weighted by molar-refractivity contribution is 0.211. The Labute approximate surface area is 182 Å². The van der Waals surface area contributed by atoms with Gasteiger partial charge in [0, 0.05) is 43.1 Å². The minimum Gasteiger partial charge on any atom is -0.494 e. The van der Waals surface area contributed by atoms with Crippen LogP contribution in [0.5, 0.6) is 5.75 Å². The maximum atomic E-state index is 14.0. The van der Waals surface area contributed by atoms with E-state index in [-0.39, 0.29) is 11.6 Å². The second kappa shape index (κ2) is 9.39. The van der Waals surface area contributed by atoms with Gasteiger partial charge in [-0.3, -0.25) is 9.88 Å². The van der Waals surface area contributed by atoms with E-state index in [9.17, 15) is 4.39 Å². The van der Waals surface area contributed by atoms with Crippen molar-refractivity contribution in [1.29, 1.82) is 0 Å². The van der Waals surface area contributed by atoms with Crippen molar-refractivity contribution in [2.75, 3.05) is 25.5 Å². The van der Waals surface area contributed by atoms with Gasteiger partial charge in [-0.05, 0) is 56.5 Å². The fourth-order valence-corrected chi connectivity index (χ4v) is 3.87. The molecule has 0 aliphatic carbocycles. The third kappa shape index (κ3) is 4.99. The number of aryl methyl sites for hydroxylation is 1. The number of rotatable bonds is 6. The zero-order valence-electron chi connectivity index (χ0n) is 18.2. The van der Waals surface area contributed by atoms with Crippen LogP contribution < -0.4 is 10.1 Å². The summed E-state index contributed by atoms with van der Waals surface area (Å²) in [6.07, 6.45) is 3.76. The van der Waals surface area contributed by atoms with Crippen LogP contribution in [0.25, 0.3) is 11.5 Å². The molecule has 7 heteroatoms. The van der Waals surface area contributed by atoms with Gasteiger partial charge in [0.05, 0.1) is 7.11 Å². The van der Waals surface area contributed by atoms with Crippen LogP contribution in [0.3, 0.4) is 0 Å². The van der Waals surface area contributed by atoms with Crippen molar-refractivity contribution >= 4 is 5.82 Å². The number of pyridine rings is 1. The standard InChI is InChI=1S/C24H28FN5O/c1-16-17(2)27-24(21-6-4-5-11-26-21)29-23(16)28-19-9-12-30(13-10-19)15-18-7-8-22(31-3)20(25)14-18/h4-8,11,14,19H,9-10,12-13,15H2,1-3H3,(H,27,28,29). The smallest absolute Gasteiger partial charge is 0.180 e. The van der Waals surface area contributed by atoms with Crippen molar-refractivity contribution in [1.82, 2.24) is 19.9 Å². The number of halogens is 1. The first-order valence-corrected chi connectivity index (χ1v) is 10.6. The molecular weight excluding hydrogens is 393 g/mol. The highest BCUT2D eigenvalue weighted by Gasteiger charge is 2.21. The summed E-state index contributed by atoms with van der Waals surface area (Å²) in [4.78, 5) is 16.1. The van der Waals surface area contributed by atoms with Crippen LogP contribution in [0, 0.1) is 19.7 Å². The normalized spacial score (nSPS) is 15.1. The number of hydrogen-bond donors (Lipinski definition) is 1. The number of nitrogens with zero attached hydrogens (tertiary/aromatic N) is 4. The molecule has 162 valence electrons. The molecule has 1 aliphatic rings. The average molecular weight is 422 g/mol. The fourth-order valence-electron chi connectivity index (χ4n) is 3.87. The van der Waals surface area contributed by atoms with Gasteiger partial charge < -0.3 is 10.1 Å². The minimum atomic E-state index is -0.310. The Kier molecular flexibility index (Phi) is 6.42. The van der Waals surface area contributed by atoms with Crippen molar-refractivity contribution in [3.63, 3.8) is 0 Å². The van der Waals surface area contributed by atoms with Crippen molar-refractivity contribution in [3.8, 4) is 17.3 Å². The molecule has 0 spiro atoms. The van der Waals surface area contributed by atoms with Crippen LogP contribution in [0.2, 0.25) is 0 Å². The van der Waals surface area contributed by atoms with E-state index in [0.29, 0.717) is 11.9 Å². The van der Waals surface area contributed by atoms with Crippen molar-refractivity contribution in [2.24, 2.45) is 0 Å².